The molecule has 0 amide bonds. The minimum Gasteiger partial charge on any atom is -0.465 e. The van der Waals surface area contributed by atoms with Gasteiger partial charge >= 0.3 is 11.9 Å². The Kier molecular flexibility index (Phi) is 4.05. The molecule has 0 radical (unpaired) electrons. The van der Waals surface area contributed by atoms with Gasteiger partial charge in [-0.15, -0.1) is 0 Å². The summed E-state index contributed by atoms with van der Waals surface area (Å²) in [5.74, 6) is -0.749. The zero-order valence-corrected chi connectivity index (χ0v) is 11.0. The summed E-state index contributed by atoms with van der Waals surface area (Å²) in [6.45, 7) is 1.77. The molecule has 102 valence electrons. The van der Waals surface area contributed by atoms with E-state index in [9.17, 15) is 9.59 Å². The Bertz CT molecular complexity index is 621. The lowest BCUT2D eigenvalue weighted by atomic mass is 10.2. The molecule has 0 saturated heterocycles. The van der Waals surface area contributed by atoms with Gasteiger partial charge in [0.25, 0.3) is 0 Å². The van der Waals surface area contributed by atoms with Crippen LogP contribution < -0.4 is 4.74 Å². The van der Waals surface area contributed by atoms with Gasteiger partial charge in [0.1, 0.15) is 5.75 Å². The number of carbonyl (C=O) groups excluding carboxylic acids is 2. The number of nitrogens with zero attached hydrogens (tertiary/aromatic N) is 2. The second-order valence-electron chi connectivity index (χ2n) is 3.95. The van der Waals surface area contributed by atoms with Crippen molar-refractivity contribution in [3.8, 4) is 5.75 Å². The van der Waals surface area contributed by atoms with Gasteiger partial charge in [0.2, 0.25) is 0 Å². The monoisotopic (exact) mass is 272 g/mol. The molecule has 0 aliphatic heterocycles. The Labute approximate surface area is 115 Å². The maximum Gasteiger partial charge on any atom is 0.363 e. The van der Waals surface area contributed by atoms with E-state index in [4.69, 9.17) is 4.74 Å². The number of aromatic nitrogens is 2. The highest BCUT2D eigenvalue weighted by molar-refractivity contribution is 5.90. The number of carbonyl (C=O) groups is 2. The molecule has 0 unspecified atom stereocenters. The minimum absolute atomic E-state index is 0.118. The lowest BCUT2D eigenvalue weighted by Crippen LogP contribution is -2.11. The molecule has 0 N–H and O–H groups in total. The van der Waals surface area contributed by atoms with Crippen molar-refractivity contribution in [1.29, 1.82) is 0 Å². The van der Waals surface area contributed by atoms with Crippen LogP contribution in [0.4, 0.5) is 0 Å². The van der Waals surface area contributed by atoms with Crippen LogP contribution in [0.15, 0.2) is 36.7 Å². The molecule has 1 heterocycles. The molecule has 6 nitrogen and oxygen atoms in total. The van der Waals surface area contributed by atoms with Crippen LogP contribution in [0, 0.1) is 6.92 Å². The van der Waals surface area contributed by atoms with Gasteiger partial charge in [-0.25, -0.2) is 14.6 Å². The van der Waals surface area contributed by atoms with E-state index in [1.807, 2.05) is 0 Å². The van der Waals surface area contributed by atoms with Crippen molar-refractivity contribution < 1.29 is 19.1 Å². The molecule has 2 rings (SSSR count). The normalized spacial score (nSPS) is 9.90. The highest BCUT2D eigenvalue weighted by atomic mass is 16.5. The molecular weight excluding hydrogens is 260 g/mol. The Morgan fingerprint density at radius 2 is 1.70 bits per heavy atom. The summed E-state index contributed by atoms with van der Waals surface area (Å²) in [7, 11) is 1.30. The molecule has 0 atom stereocenters. The van der Waals surface area contributed by atoms with Crippen LogP contribution in [-0.2, 0) is 4.74 Å². The minimum atomic E-state index is -0.608. The van der Waals surface area contributed by atoms with Crippen LogP contribution >= 0.6 is 0 Å². The lowest BCUT2D eigenvalue weighted by molar-refractivity contribution is 0.0600. The maximum absolute atomic E-state index is 11.8. The summed E-state index contributed by atoms with van der Waals surface area (Å²) >= 11 is 0. The zero-order valence-electron chi connectivity index (χ0n) is 11.0. The van der Waals surface area contributed by atoms with Gasteiger partial charge in [-0.1, -0.05) is 0 Å². The van der Waals surface area contributed by atoms with E-state index in [0.29, 0.717) is 17.0 Å². The van der Waals surface area contributed by atoms with Gasteiger partial charge in [0.15, 0.2) is 5.69 Å². The average Bonchev–Trinajstić information content (AvgIpc) is 2.48. The van der Waals surface area contributed by atoms with Crippen molar-refractivity contribution in [3.63, 3.8) is 0 Å². The highest BCUT2D eigenvalue weighted by Crippen LogP contribution is 2.14. The van der Waals surface area contributed by atoms with Crippen LogP contribution in [0.1, 0.15) is 26.5 Å². The third-order valence-corrected chi connectivity index (χ3v) is 2.48. The lowest BCUT2D eigenvalue weighted by Gasteiger charge is -2.04. The van der Waals surface area contributed by atoms with Gasteiger partial charge in [0, 0.05) is 6.20 Å². The van der Waals surface area contributed by atoms with Crippen molar-refractivity contribution in [3.05, 3.63) is 53.6 Å². The van der Waals surface area contributed by atoms with E-state index >= 15 is 0 Å². The number of esters is 2. The van der Waals surface area contributed by atoms with E-state index in [-0.39, 0.29) is 5.69 Å². The molecular formula is C14H12N2O4. The van der Waals surface area contributed by atoms with Gasteiger partial charge in [-0.3, -0.25) is 4.98 Å². The predicted molar refractivity (Wildman–Crippen MR) is 69.5 cm³/mol. The molecule has 0 aliphatic rings. The van der Waals surface area contributed by atoms with Crippen molar-refractivity contribution in [2.24, 2.45) is 0 Å². The molecule has 20 heavy (non-hydrogen) atoms. The number of ether oxygens (including phenoxy) is 2. The Balaban J connectivity index is 2.08. The summed E-state index contributed by atoms with van der Waals surface area (Å²) in [5.41, 5.74) is 1.21. The van der Waals surface area contributed by atoms with Crippen LogP contribution in [0.2, 0.25) is 0 Å². The summed E-state index contributed by atoms with van der Waals surface area (Å²) in [6.07, 6.45) is 2.83. The second kappa shape index (κ2) is 5.92. The molecule has 6 heteroatoms. The number of rotatable bonds is 3. The number of hydrogen-bond donors (Lipinski definition) is 0. The predicted octanol–water partition coefficient (Wildman–Crippen LogP) is 1.79. The molecule has 0 spiro atoms. The molecule has 1 aromatic carbocycles. The van der Waals surface area contributed by atoms with Crippen LogP contribution in [0.5, 0.6) is 5.75 Å². The zero-order chi connectivity index (χ0) is 14.5. The largest absolute Gasteiger partial charge is 0.465 e. The number of hydrogen-bond acceptors (Lipinski definition) is 6. The Hall–Kier alpha value is -2.76. The summed E-state index contributed by atoms with van der Waals surface area (Å²) < 4.78 is 9.69. The van der Waals surface area contributed by atoms with Gasteiger partial charge in [-0.05, 0) is 31.2 Å². The van der Waals surface area contributed by atoms with E-state index in [0.717, 1.165) is 0 Å². The molecule has 0 aliphatic carbocycles. The average molecular weight is 272 g/mol. The molecule has 0 fully saturated rings. The van der Waals surface area contributed by atoms with Crippen molar-refractivity contribution in [2.75, 3.05) is 7.11 Å². The van der Waals surface area contributed by atoms with Gasteiger partial charge in [0.05, 0.1) is 24.6 Å². The topological polar surface area (TPSA) is 78.4 Å². The maximum atomic E-state index is 11.8. The van der Waals surface area contributed by atoms with E-state index < -0.39 is 11.9 Å². The number of aryl methyl sites for hydroxylation is 1. The van der Waals surface area contributed by atoms with Crippen LogP contribution in [-0.4, -0.2) is 29.0 Å². The second-order valence-corrected chi connectivity index (χ2v) is 3.95. The van der Waals surface area contributed by atoms with E-state index in [1.165, 1.54) is 43.8 Å². The third-order valence-electron chi connectivity index (χ3n) is 2.48. The summed E-state index contributed by atoms with van der Waals surface area (Å²) in [6, 6.07) is 6.03. The van der Waals surface area contributed by atoms with Crippen LogP contribution in [0.3, 0.4) is 0 Å². The fourth-order valence-electron chi connectivity index (χ4n) is 1.43. The molecule has 0 saturated carbocycles. The van der Waals surface area contributed by atoms with Gasteiger partial charge < -0.3 is 9.47 Å². The Morgan fingerprint density at radius 3 is 2.25 bits per heavy atom. The third kappa shape index (κ3) is 3.17. The smallest absolute Gasteiger partial charge is 0.363 e. The fourth-order valence-corrected chi connectivity index (χ4v) is 1.43. The first-order chi connectivity index (χ1) is 9.60. The van der Waals surface area contributed by atoms with Crippen molar-refractivity contribution in [1.82, 2.24) is 9.97 Å². The van der Waals surface area contributed by atoms with Crippen molar-refractivity contribution in [2.45, 2.75) is 6.92 Å². The molecule has 1 aromatic heterocycles. The SMILES string of the molecule is COC(=O)c1ccc(OC(=O)c2cnc(C)cn2)cc1. The summed E-state index contributed by atoms with van der Waals surface area (Å²) in [5, 5.41) is 0. The summed E-state index contributed by atoms with van der Waals surface area (Å²) in [4.78, 5) is 30.9. The van der Waals surface area contributed by atoms with Crippen LogP contribution in [0.25, 0.3) is 0 Å². The van der Waals surface area contributed by atoms with E-state index in [2.05, 4.69) is 14.7 Å². The van der Waals surface area contributed by atoms with Gasteiger partial charge in [-0.2, -0.15) is 0 Å². The fraction of sp³-hybridized carbons (Fsp3) is 0.143. The first kappa shape index (κ1) is 13.7. The van der Waals surface area contributed by atoms with E-state index in [1.54, 1.807) is 6.92 Å². The molecule has 2 aromatic rings. The Morgan fingerprint density at radius 1 is 1.00 bits per heavy atom. The standard InChI is InChI=1S/C14H12N2O4/c1-9-7-16-12(8-15-9)14(18)20-11-5-3-10(4-6-11)13(17)19-2/h3-8H,1-2H3. The van der Waals surface area contributed by atoms with Crippen molar-refractivity contribution >= 4 is 11.9 Å². The number of benzene rings is 1. The number of methoxy groups -OCH3 is 1. The highest BCUT2D eigenvalue weighted by Gasteiger charge is 2.11. The first-order valence-corrected chi connectivity index (χ1v) is 5.79. The molecule has 0 bridgehead atoms. The first-order valence-electron chi connectivity index (χ1n) is 5.79. The quantitative estimate of drug-likeness (QED) is 0.626.